The lowest BCUT2D eigenvalue weighted by atomic mass is 10.2. The van der Waals surface area contributed by atoms with Gasteiger partial charge in [0.1, 0.15) is 5.60 Å². The minimum Gasteiger partial charge on any atom is -0.446 e. The van der Waals surface area contributed by atoms with E-state index in [4.69, 9.17) is 9.47 Å². The van der Waals surface area contributed by atoms with E-state index in [0.29, 0.717) is 0 Å². The molecule has 5 heteroatoms. The van der Waals surface area contributed by atoms with Gasteiger partial charge in [-0.05, 0) is 34.6 Å². The minimum atomic E-state index is -0.733. The summed E-state index contributed by atoms with van der Waals surface area (Å²) in [5.74, 6) is 0. The van der Waals surface area contributed by atoms with Crippen molar-refractivity contribution in [3.05, 3.63) is 12.7 Å². The molecule has 98 valence electrons. The molecule has 0 aromatic carbocycles. The Morgan fingerprint density at radius 3 is 2.18 bits per heavy atom. The van der Waals surface area contributed by atoms with E-state index in [1.165, 1.54) is 6.08 Å². The molecule has 0 aromatic heterocycles. The number of imide groups is 1. The van der Waals surface area contributed by atoms with Crippen LogP contribution in [0.1, 0.15) is 34.6 Å². The number of hydrogen-bond acceptors (Lipinski definition) is 4. The summed E-state index contributed by atoms with van der Waals surface area (Å²) in [5, 5.41) is 0. The second-order valence-corrected chi connectivity index (χ2v) is 4.81. The lowest BCUT2D eigenvalue weighted by Gasteiger charge is -2.25. The molecule has 0 saturated carbocycles. The molecule has 2 amide bonds. The Kier molecular flexibility index (Phi) is 5.71. The second kappa shape index (κ2) is 6.27. The van der Waals surface area contributed by atoms with Crippen LogP contribution in [0.15, 0.2) is 12.7 Å². The van der Waals surface area contributed by atoms with Gasteiger partial charge in [0, 0.05) is 0 Å². The van der Waals surface area contributed by atoms with Gasteiger partial charge in [-0.1, -0.05) is 6.08 Å². The molecule has 0 atom stereocenters. The molecule has 0 rings (SSSR count). The minimum absolute atomic E-state index is 0.0560. The van der Waals surface area contributed by atoms with Crippen molar-refractivity contribution < 1.29 is 19.1 Å². The van der Waals surface area contributed by atoms with E-state index >= 15 is 0 Å². The van der Waals surface area contributed by atoms with E-state index < -0.39 is 17.8 Å². The van der Waals surface area contributed by atoms with Crippen LogP contribution in [0, 0.1) is 0 Å². The Balaban J connectivity index is 4.67. The lowest BCUT2D eigenvalue weighted by Crippen LogP contribution is -2.41. The molecule has 0 spiro atoms. The van der Waals surface area contributed by atoms with Crippen LogP contribution in [0.2, 0.25) is 0 Å². The molecule has 0 aliphatic heterocycles. The number of carbonyl (C=O) groups is 2. The van der Waals surface area contributed by atoms with Crippen molar-refractivity contribution >= 4 is 12.2 Å². The molecule has 0 saturated heterocycles. The SMILES string of the molecule is C=CCN(C(=O)OC(C)C)C(=O)OC(C)(C)C. The number of carbonyl (C=O) groups excluding carboxylic acids is 2. The van der Waals surface area contributed by atoms with Gasteiger partial charge in [0.25, 0.3) is 0 Å². The van der Waals surface area contributed by atoms with Crippen LogP contribution in [0.5, 0.6) is 0 Å². The van der Waals surface area contributed by atoms with E-state index in [1.54, 1.807) is 34.6 Å². The van der Waals surface area contributed by atoms with Gasteiger partial charge in [-0.3, -0.25) is 0 Å². The summed E-state index contributed by atoms with van der Waals surface area (Å²) in [5.41, 5.74) is -0.658. The van der Waals surface area contributed by atoms with Crippen molar-refractivity contribution in [3.63, 3.8) is 0 Å². The van der Waals surface area contributed by atoms with Crippen LogP contribution in [0.25, 0.3) is 0 Å². The predicted octanol–water partition coefficient (Wildman–Crippen LogP) is 2.95. The Bertz CT molecular complexity index is 291. The molecule has 0 unspecified atom stereocenters. The fraction of sp³-hybridized carbons (Fsp3) is 0.667. The Hall–Kier alpha value is -1.52. The first-order valence-electron chi connectivity index (χ1n) is 5.49. The molecule has 0 fully saturated rings. The zero-order valence-electron chi connectivity index (χ0n) is 11.1. The van der Waals surface area contributed by atoms with Crippen molar-refractivity contribution in [1.29, 1.82) is 0 Å². The maximum absolute atomic E-state index is 11.7. The average molecular weight is 243 g/mol. The largest absolute Gasteiger partial charge is 0.446 e. The van der Waals surface area contributed by atoms with Gasteiger partial charge in [0.15, 0.2) is 0 Å². The van der Waals surface area contributed by atoms with Crippen LogP contribution in [-0.4, -0.2) is 35.3 Å². The maximum atomic E-state index is 11.7. The third-order valence-electron chi connectivity index (χ3n) is 1.48. The topological polar surface area (TPSA) is 55.8 Å². The van der Waals surface area contributed by atoms with E-state index in [1.807, 2.05) is 0 Å². The normalized spacial score (nSPS) is 10.9. The number of rotatable bonds is 3. The number of amides is 2. The summed E-state index contributed by atoms with van der Waals surface area (Å²) >= 11 is 0. The summed E-state index contributed by atoms with van der Waals surface area (Å²) in [6, 6.07) is 0. The number of hydrogen-bond donors (Lipinski definition) is 0. The maximum Gasteiger partial charge on any atom is 0.420 e. The monoisotopic (exact) mass is 243 g/mol. The van der Waals surface area contributed by atoms with E-state index in [0.717, 1.165) is 4.90 Å². The summed E-state index contributed by atoms with van der Waals surface area (Å²) in [4.78, 5) is 24.2. The smallest absolute Gasteiger partial charge is 0.420 e. The van der Waals surface area contributed by atoms with Crippen LogP contribution >= 0.6 is 0 Å². The molecule has 0 heterocycles. The predicted molar refractivity (Wildman–Crippen MR) is 64.8 cm³/mol. The highest BCUT2D eigenvalue weighted by molar-refractivity contribution is 5.88. The van der Waals surface area contributed by atoms with Gasteiger partial charge in [-0.25, -0.2) is 14.5 Å². The van der Waals surface area contributed by atoms with Crippen molar-refractivity contribution in [2.45, 2.75) is 46.3 Å². The van der Waals surface area contributed by atoms with E-state index in [9.17, 15) is 9.59 Å². The Morgan fingerprint density at radius 2 is 1.82 bits per heavy atom. The van der Waals surface area contributed by atoms with Gasteiger partial charge < -0.3 is 9.47 Å². The lowest BCUT2D eigenvalue weighted by molar-refractivity contribution is 0.0200. The highest BCUT2D eigenvalue weighted by atomic mass is 16.6. The summed E-state index contributed by atoms with van der Waals surface area (Å²) in [6.07, 6.45) is -0.319. The van der Waals surface area contributed by atoms with Gasteiger partial charge in [-0.2, -0.15) is 0 Å². The zero-order chi connectivity index (χ0) is 13.6. The Morgan fingerprint density at radius 1 is 1.29 bits per heavy atom. The molecule has 5 nitrogen and oxygen atoms in total. The van der Waals surface area contributed by atoms with Gasteiger partial charge in [0.05, 0.1) is 12.6 Å². The standard InChI is InChI=1S/C12H21NO4/c1-7-8-13(10(14)16-9(2)3)11(15)17-12(4,5)6/h7,9H,1,8H2,2-6H3. The van der Waals surface area contributed by atoms with Gasteiger partial charge in [0.2, 0.25) is 0 Å². The molecule has 0 radical (unpaired) electrons. The van der Waals surface area contributed by atoms with Gasteiger partial charge >= 0.3 is 12.2 Å². The molecule has 0 aromatic rings. The van der Waals surface area contributed by atoms with Crippen LogP contribution in [0.4, 0.5) is 9.59 Å². The van der Waals surface area contributed by atoms with E-state index in [-0.39, 0.29) is 12.6 Å². The highest BCUT2D eigenvalue weighted by Gasteiger charge is 2.27. The first kappa shape index (κ1) is 15.5. The second-order valence-electron chi connectivity index (χ2n) is 4.81. The van der Waals surface area contributed by atoms with Crippen LogP contribution in [0.3, 0.4) is 0 Å². The molecular formula is C12H21NO4. The quantitative estimate of drug-likeness (QED) is 0.715. The average Bonchev–Trinajstić information content (AvgIpc) is 2.09. The molecule has 0 bridgehead atoms. The fourth-order valence-electron chi connectivity index (χ4n) is 0.935. The summed E-state index contributed by atoms with van der Waals surface area (Å²) < 4.78 is 10.0. The van der Waals surface area contributed by atoms with Gasteiger partial charge in [-0.15, -0.1) is 6.58 Å². The van der Waals surface area contributed by atoms with Crippen molar-refractivity contribution in [1.82, 2.24) is 4.90 Å². The zero-order valence-corrected chi connectivity index (χ0v) is 11.1. The molecule has 17 heavy (non-hydrogen) atoms. The third kappa shape index (κ3) is 6.60. The van der Waals surface area contributed by atoms with Crippen LogP contribution in [-0.2, 0) is 9.47 Å². The Labute approximate surface area is 102 Å². The van der Waals surface area contributed by atoms with Crippen LogP contribution < -0.4 is 0 Å². The molecule has 0 aliphatic rings. The molecule has 0 aliphatic carbocycles. The first-order chi connectivity index (χ1) is 7.67. The number of ether oxygens (including phenoxy) is 2. The van der Waals surface area contributed by atoms with E-state index in [2.05, 4.69) is 6.58 Å². The fourth-order valence-corrected chi connectivity index (χ4v) is 0.935. The van der Waals surface area contributed by atoms with Crippen molar-refractivity contribution in [2.24, 2.45) is 0 Å². The number of nitrogens with zero attached hydrogens (tertiary/aromatic N) is 1. The molecular weight excluding hydrogens is 222 g/mol. The van der Waals surface area contributed by atoms with Crippen molar-refractivity contribution in [2.75, 3.05) is 6.54 Å². The summed E-state index contributed by atoms with van der Waals surface area (Å²) in [7, 11) is 0. The van der Waals surface area contributed by atoms with Crippen molar-refractivity contribution in [3.8, 4) is 0 Å². The third-order valence-corrected chi connectivity index (χ3v) is 1.48. The summed E-state index contributed by atoms with van der Waals surface area (Å²) in [6.45, 7) is 12.1. The highest BCUT2D eigenvalue weighted by Crippen LogP contribution is 2.11. The molecule has 0 N–H and O–H groups in total. The first-order valence-corrected chi connectivity index (χ1v) is 5.49.